The van der Waals surface area contributed by atoms with Crippen molar-refractivity contribution < 1.29 is 9.47 Å². The van der Waals surface area contributed by atoms with Crippen LogP contribution in [0.25, 0.3) is 0 Å². The molecule has 1 aliphatic carbocycles. The molecule has 110 valence electrons. The predicted molar refractivity (Wildman–Crippen MR) is 84.2 cm³/mol. The minimum Gasteiger partial charge on any atom is -0.348 e. The summed E-state index contributed by atoms with van der Waals surface area (Å²) < 4.78 is 12.3. The highest BCUT2D eigenvalue weighted by Gasteiger charge is 2.48. The highest BCUT2D eigenvalue weighted by atomic mass is 79.9. The van der Waals surface area contributed by atoms with Crippen LogP contribution in [0.15, 0.2) is 30.3 Å². The minimum absolute atomic E-state index is 0.133. The number of rotatable bonds is 1. The molecule has 2 fully saturated rings. The SMILES string of the molecule is CC1(C)COC2(CC[C@@H](c3ccccc3)C[C@@H]2Br)OC1. The maximum absolute atomic E-state index is 6.15. The van der Waals surface area contributed by atoms with Crippen molar-refractivity contribution in [2.45, 2.75) is 49.6 Å². The summed E-state index contributed by atoms with van der Waals surface area (Å²) in [5, 5.41) is 0. The first-order valence-corrected chi connectivity index (χ1v) is 8.39. The molecular formula is C17H23BrO2. The van der Waals surface area contributed by atoms with Crippen LogP contribution in [0.2, 0.25) is 0 Å². The molecule has 1 aromatic carbocycles. The molecule has 0 radical (unpaired) electrons. The molecule has 0 N–H and O–H groups in total. The van der Waals surface area contributed by atoms with Crippen LogP contribution in [0.5, 0.6) is 0 Å². The fourth-order valence-electron chi connectivity index (χ4n) is 3.15. The molecule has 2 nitrogen and oxygen atoms in total. The number of ether oxygens (including phenoxy) is 2. The van der Waals surface area contributed by atoms with Gasteiger partial charge in [-0.1, -0.05) is 60.1 Å². The van der Waals surface area contributed by atoms with Crippen LogP contribution in [0.1, 0.15) is 44.6 Å². The summed E-state index contributed by atoms with van der Waals surface area (Å²) in [6, 6.07) is 10.8. The summed E-state index contributed by atoms with van der Waals surface area (Å²) >= 11 is 3.83. The molecule has 1 heterocycles. The van der Waals surface area contributed by atoms with E-state index in [4.69, 9.17) is 9.47 Å². The highest BCUT2D eigenvalue weighted by molar-refractivity contribution is 9.09. The average Bonchev–Trinajstić information content (AvgIpc) is 2.46. The molecule has 1 aliphatic heterocycles. The molecule has 20 heavy (non-hydrogen) atoms. The van der Waals surface area contributed by atoms with Gasteiger partial charge in [0.1, 0.15) is 0 Å². The second-order valence-electron chi connectivity index (χ2n) is 6.90. The average molecular weight is 339 g/mol. The van der Waals surface area contributed by atoms with Gasteiger partial charge in [-0.25, -0.2) is 0 Å². The van der Waals surface area contributed by atoms with Gasteiger partial charge < -0.3 is 9.47 Å². The summed E-state index contributed by atoms with van der Waals surface area (Å²) in [5.74, 6) is 0.203. The van der Waals surface area contributed by atoms with Gasteiger partial charge in [-0.05, 0) is 24.3 Å². The van der Waals surface area contributed by atoms with E-state index in [-0.39, 0.29) is 10.2 Å². The fraction of sp³-hybridized carbons (Fsp3) is 0.647. The number of halogens is 1. The molecule has 1 aromatic rings. The van der Waals surface area contributed by atoms with Gasteiger partial charge in [-0.15, -0.1) is 0 Å². The van der Waals surface area contributed by atoms with E-state index in [1.165, 1.54) is 5.56 Å². The molecule has 0 aromatic heterocycles. The Morgan fingerprint density at radius 1 is 1.10 bits per heavy atom. The number of hydrogen-bond acceptors (Lipinski definition) is 2. The lowest BCUT2D eigenvalue weighted by atomic mass is 9.80. The van der Waals surface area contributed by atoms with Gasteiger partial charge in [-0.3, -0.25) is 0 Å². The second-order valence-corrected chi connectivity index (χ2v) is 8.01. The van der Waals surface area contributed by atoms with Gasteiger partial charge in [0.15, 0.2) is 5.79 Å². The standard InChI is InChI=1S/C17H23BrO2/c1-16(2)11-19-17(20-12-16)9-8-14(10-15(17)18)13-6-4-3-5-7-13/h3-7,14-15H,8-12H2,1-2H3/t14-,15+/m1/s1. The first kappa shape index (κ1) is 14.6. The van der Waals surface area contributed by atoms with Gasteiger partial charge in [0, 0.05) is 11.8 Å². The Bertz CT molecular complexity index is 447. The summed E-state index contributed by atoms with van der Waals surface area (Å²) in [7, 11) is 0. The van der Waals surface area contributed by atoms with Gasteiger partial charge in [0.05, 0.1) is 18.0 Å². The quantitative estimate of drug-likeness (QED) is 0.702. The van der Waals surface area contributed by atoms with E-state index in [9.17, 15) is 0 Å². The Morgan fingerprint density at radius 2 is 1.75 bits per heavy atom. The predicted octanol–water partition coefficient (Wildman–Crippen LogP) is 4.49. The van der Waals surface area contributed by atoms with Crippen LogP contribution in [0.3, 0.4) is 0 Å². The second kappa shape index (κ2) is 5.43. The molecule has 1 saturated heterocycles. The summed E-state index contributed by atoms with van der Waals surface area (Å²) in [4.78, 5) is 0.269. The van der Waals surface area contributed by atoms with Crippen molar-refractivity contribution in [3.05, 3.63) is 35.9 Å². The third kappa shape index (κ3) is 2.81. The van der Waals surface area contributed by atoms with E-state index < -0.39 is 5.79 Å². The van der Waals surface area contributed by atoms with E-state index in [0.717, 1.165) is 32.5 Å². The van der Waals surface area contributed by atoms with Crippen molar-refractivity contribution in [1.82, 2.24) is 0 Å². The minimum atomic E-state index is -0.402. The highest BCUT2D eigenvalue weighted by Crippen LogP contribution is 2.47. The molecule has 0 unspecified atom stereocenters. The van der Waals surface area contributed by atoms with Crippen LogP contribution < -0.4 is 0 Å². The van der Waals surface area contributed by atoms with Crippen molar-refractivity contribution in [3.8, 4) is 0 Å². The van der Waals surface area contributed by atoms with Crippen molar-refractivity contribution in [3.63, 3.8) is 0 Å². The molecule has 3 rings (SSSR count). The fourth-order valence-corrected chi connectivity index (χ4v) is 4.10. The van der Waals surface area contributed by atoms with Crippen LogP contribution in [0.4, 0.5) is 0 Å². The monoisotopic (exact) mass is 338 g/mol. The maximum atomic E-state index is 6.15. The molecule has 3 heteroatoms. The first-order valence-electron chi connectivity index (χ1n) is 7.48. The largest absolute Gasteiger partial charge is 0.348 e. The van der Waals surface area contributed by atoms with Gasteiger partial charge in [0.25, 0.3) is 0 Å². The molecule has 1 saturated carbocycles. The smallest absolute Gasteiger partial charge is 0.180 e. The summed E-state index contributed by atoms with van der Waals surface area (Å²) in [6.07, 6.45) is 3.18. The Balaban J connectivity index is 1.69. The van der Waals surface area contributed by atoms with Gasteiger partial charge in [-0.2, -0.15) is 0 Å². The third-order valence-electron chi connectivity index (χ3n) is 4.50. The molecule has 2 atom stereocenters. The van der Waals surface area contributed by atoms with Crippen LogP contribution in [-0.4, -0.2) is 23.8 Å². The van der Waals surface area contributed by atoms with Crippen molar-refractivity contribution in [1.29, 1.82) is 0 Å². The summed E-state index contributed by atoms with van der Waals surface area (Å²) in [6.45, 7) is 5.95. The van der Waals surface area contributed by atoms with E-state index in [0.29, 0.717) is 5.92 Å². The molecule has 1 spiro atoms. The number of alkyl halides is 1. The normalized spacial score (nSPS) is 32.1. The van der Waals surface area contributed by atoms with Crippen LogP contribution in [0, 0.1) is 5.41 Å². The van der Waals surface area contributed by atoms with E-state index >= 15 is 0 Å². The zero-order valence-electron chi connectivity index (χ0n) is 12.3. The Hall–Kier alpha value is -0.380. The topological polar surface area (TPSA) is 18.5 Å². The third-order valence-corrected chi connectivity index (χ3v) is 5.57. The van der Waals surface area contributed by atoms with E-state index in [1.54, 1.807) is 0 Å². The Kier molecular flexibility index (Phi) is 3.95. The molecule has 0 bridgehead atoms. The lowest BCUT2D eigenvalue weighted by Gasteiger charge is -2.49. The van der Waals surface area contributed by atoms with E-state index in [2.05, 4.69) is 60.1 Å². The van der Waals surface area contributed by atoms with Crippen LogP contribution in [-0.2, 0) is 9.47 Å². The van der Waals surface area contributed by atoms with Crippen molar-refractivity contribution in [2.75, 3.05) is 13.2 Å². The Morgan fingerprint density at radius 3 is 2.35 bits per heavy atom. The zero-order valence-corrected chi connectivity index (χ0v) is 13.9. The lowest BCUT2D eigenvalue weighted by molar-refractivity contribution is -0.306. The maximum Gasteiger partial charge on any atom is 0.180 e. The molecular weight excluding hydrogens is 316 g/mol. The van der Waals surface area contributed by atoms with Gasteiger partial charge in [0.2, 0.25) is 0 Å². The van der Waals surface area contributed by atoms with Crippen LogP contribution >= 0.6 is 15.9 Å². The van der Waals surface area contributed by atoms with E-state index in [1.807, 2.05) is 0 Å². The Labute approximate surface area is 130 Å². The number of benzene rings is 1. The zero-order chi connectivity index (χ0) is 14.2. The van der Waals surface area contributed by atoms with Crippen molar-refractivity contribution >= 4 is 15.9 Å². The molecule has 0 amide bonds. The summed E-state index contributed by atoms with van der Waals surface area (Å²) in [5.41, 5.74) is 1.57. The molecule has 2 aliphatic rings. The van der Waals surface area contributed by atoms with Crippen molar-refractivity contribution in [2.24, 2.45) is 5.41 Å². The first-order chi connectivity index (χ1) is 9.51. The number of hydrogen-bond donors (Lipinski definition) is 0. The van der Waals surface area contributed by atoms with Gasteiger partial charge >= 0.3 is 0 Å². The lowest BCUT2D eigenvalue weighted by Crippen LogP contribution is -2.54.